The Labute approximate surface area is 66.7 Å². The molecule has 0 unspecified atom stereocenters. The van der Waals surface area contributed by atoms with Crippen LogP contribution in [0, 0.1) is 6.07 Å². The second kappa shape index (κ2) is 10.7. The summed E-state index contributed by atoms with van der Waals surface area (Å²) in [5, 5.41) is 0. The van der Waals surface area contributed by atoms with Crippen LogP contribution >= 0.6 is 11.6 Å². The third-order valence-electron chi connectivity index (χ3n) is 0.468. The van der Waals surface area contributed by atoms with Gasteiger partial charge in [-0.2, -0.15) is 0 Å². The van der Waals surface area contributed by atoms with Crippen LogP contribution in [0.5, 0.6) is 0 Å². The molecule has 0 atom stereocenters. The summed E-state index contributed by atoms with van der Waals surface area (Å²) in [5.74, 6) is 0. The molecule has 0 rings (SSSR count). The molecule has 0 saturated carbocycles. The summed E-state index contributed by atoms with van der Waals surface area (Å²) in [7, 11) is 1.61. The molecule has 2 nitrogen and oxygen atoms in total. The maximum atomic E-state index is 5.03. The van der Waals surface area contributed by atoms with Gasteiger partial charge in [-0.05, 0) is 0 Å². The Morgan fingerprint density at radius 1 is 1.50 bits per heavy atom. The van der Waals surface area contributed by atoms with Gasteiger partial charge >= 0.3 is 18.9 Å². The quantitative estimate of drug-likeness (QED) is 0.249. The van der Waals surface area contributed by atoms with Gasteiger partial charge in [0.25, 0.3) is 0 Å². The van der Waals surface area contributed by atoms with Gasteiger partial charge in [-0.1, -0.05) is 0 Å². The number of methoxy groups -OCH3 is 1. The smallest absolute Gasteiger partial charge is 0.535 e. The van der Waals surface area contributed by atoms with Crippen molar-refractivity contribution in [3.05, 3.63) is 6.07 Å². The van der Waals surface area contributed by atoms with E-state index in [4.69, 9.17) is 11.6 Å². The molecule has 0 saturated heterocycles. The van der Waals surface area contributed by atoms with Crippen LogP contribution < -0.4 is 18.9 Å². The number of ether oxygens (including phenoxy) is 2. The van der Waals surface area contributed by atoms with Gasteiger partial charge in [0.05, 0.1) is 6.61 Å². The van der Waals surface area contributed by atoms with Crippen molar-refractivity contribution < 1.29 is 28.3 Å². The largest absolute Gasteiger partial charge is 1.00 e. The molecule has 8 heavy (non-hydrogen) atoms. The van der Waals surface area contributed by atoms with Crippen molar-refractivity contribution in [2.75, 3.05) is 20.3 Å². The van der Waals surface area contributed by atoms with Crippen LogP contribution in [0.3, 0.4) is 0 Å². The predicted molar refractivity (Wildman–Crippen MR) is 28.0 cm³/mol. The molecule has 0 radical (unpaired) electrons. The number of hydrogen-bond acceptors (Lipinski definition) is 2. The Morgan fingerprint density at radius 3 is 2.50 bits per heavy atom. The van der Waals surface area contributed by atoms with Crippen molar-refractivity contribution in [1.82, 2.24) is 0 Å². The molecule has 0 aromatic heterocycles. The average Bonchev–Trinajstić information content (AvgIpc) is 1.69. The Bertz CT molecular complexity index is 33.2. The fourth-order valence-corrected chi connectivity index (χ4v) is 0.265. The van der Waals surface area contributed by atoms with Crippen molar-refractivity contribution >= 4 is 11.6 Å². The fourth-order valence-electron chi connectivity index (χ4n) is 0.176. The molecule has 0 spiro atoms. The molecule has 0 amide bonds. The first-order chi connectivity index (χ1) is 3.41. The van der Waals surface area contributed by atoms with Crippen LogP contribution in [0.25, 0.3) is 0 Å². The summed E-state index contributed by atoms with van der Waals surface area (Å²) in [6.07, 6.45) is 0. The zero-order chi connectivity index (χ0) is 5.54. The third kappa shape index (κ3) is 9.93. The summed E-state index contributed by atoms with van der Waals surface area (Å²) in [4.78, 5) is 0. The van der Waals surface area contributed by atoms with E-state index >= 15 is 0 Å². The van der Waals surface area contributed by atoms with Crippen molar-refractivity contribution in [3.8, 4) is 0 Å². The maximum absolute atomic E-state index is 5.03. The van der Waals surface area contributed by atoms with Crippen LogP contribution in [0.1, 0.15) is 0 Å². The van der Waals surface area contributed by atoms with Gasteiger partial charge in [0.1, 0.15) is 0 Å². The SMILES string of the molecule is COCCO[CH-]Cl.[Li+]. The maximum Gasteiger partial charge on any atom is 1.00 e. The molecule has 0 aromatic carbocycles. The summed E-state index contributed by atoms with van der Waals surface area (Å²) < 4.78 is 9.23. The van der Waals surface area contributed by atoms with E-state index in [1.807, 2.05) is 0 Å². The normalized spacial score (nSPS) is 8.25. The van der Waals surface area contributed by atoms with Crippen molar-refractivity contribution in [2.45, 2.75) is 0 Å². The van der Waals surface area contributed by atoms with E-state index in [1.54, 1.807) is 7.11 Å². The topological polar surface area (TPSA) is 18.5 Å². The van der Waals surface area contributed by atoms with Crippen LogP contribution in [-0.4, -0.2) is 20.3 Å². The molecule has 0 fully saturated rings. The summed E-state index contributed by atoms with van der Waals surface area (Å²) in [5.41, 5.74) is 0. The zero-order valence-electron chi connectivity index (χ0n) is 5.19. The minimum atomic E-state index is 0. The molecule has 0 aromatic rings. The van der Waals surface area contributed by atoms with E-state index < -0.39 is 0 Å². The Hall–Kier alpha value is 0.807. The van der Waals surface area contributed by atoms with E-state index in [2.05, 4.69) is 9.47 Å². The molecule has 0 aliphatic carbocycles. The molecule has 0 aliphatic rings. The van der Waals surface area contributed by atoms with E-state index in [0.717, 1.165) is 6.07 Å². The number of halogens is 1. The van der Waals surface area contributed by atoms with Crippen LogP contribution in [0.15, 0.2) is 0 Å². The third-order valence-corrected chi connectivity index (χ3v) is 0.594. The van der Waals surface area contributed by atoms with Gasteiger partial charge in [0.15, 0.2) is 0 Å². The minimum Gasteiger partial charge on any atom is -0.535 e. The first-order valence-corrected chi connectivity index (χ1v) is 2.38. The first kappa shape index (κ1) is 11.6. The van der Waals surface area contributed by atoms with Crippen LogP contribution in [-0.2, 0) is 9.47 Å². The number of hydrogen-bond donors (Lipinski definition) is 0. The van der Waals surface area contributed by atoms with Crippen molar-refractivity contribution in [1.29, 1.82) is 0 Å². The molecular formula is C4H8ClLiO2. The molecular weight excluding hydrogens is 122 g/mol. The van der Waals surface area contributed by atoms with E-state index in [1.165, 1.54) is 0 Å². The summed E-state index contributed by atoms with van der Waals surface area (Å²) >= 11 is 5.03. The first-order valence-electron chi connectivity index (χ1n) is 1.94. The molecule has 44 valence electrons. The van der Waals surface area contributed by atoms with Gasteiger partial charge in [0, 0.05) is 13.7 Å². The second-order valence-electron chi connectivity index (χ2n) is 0.953. The molecule has 0 N–H and O–H groups in total. The number of rotatable bonds is 4. The predicted octanol–water partition coefficient (Wildman–Crippen LogP) is -1.99. The molecule has 0 bridgehead atoms. The van der Waals surface area contributed by atoms with Crippen molar-refractivity contribution in [2.24, 2.45) is 0 Å². The average molecular weight is 130 g/mol. The van der Waals surface area contributed by atoms with Gasteiger partial charge in [-0.3, -0.25) is 0 Å². The zero-order valence-corrected chi connectivity index (χ0v) is 5.94. The fraction of sp³-hybridized carbons (Fsp3) is 0.750. The van der Waals surface area contributed by atoms with Gasteiger partial charge in [-0.25, -0.2) is 0 Å². The second-order valence-corrected chi connectivity index (χ2v) is 1.13. The van der Waals surface area contributed by atoms with E-state index in [9.17, 15) is 0 Å². The van der Waals surface area contributed by atoms with Gasteiger partial charge in [0.2, 0.25) is 0 Å². The van der Waals surface area contributed by atoms with Gasteiger partial charge in [-0.15, -0.1) is 6.07 Å². The Morgan fingerprint density at radius 2 is 2.12 bits per heavy atom. The van der Waals surface area contributed by atoms with Gasteiger partial charge < -0.3 is 21.1 Å². The Kier molecular flexibility index (Phi) is 15.5. The van der Waals surface area contributed by atoms with Crippen molar-refractivity contribution in [3.63, 3.8) is 0 Å². The molecule has 4 heteroatoms. The van der Waals surface area contributed by atoms with Crippen LogP contribution in [0.2, 0.25) is 0 Å². The van der Waals surface area contributed by atoms with Crippen LogP contribution in [0.4, 0.5) is 0 Å². The van der Waals surface area contributed by atoms with E-state index in [-0.39, 0.29) is 18.9 Å². The monoisotopic (exact) mass is 130 g/mol. The summed E-state index contributed by atoms with van der Waals surface area (Å²) in [6, 6.07) is 1.12. The standard InChI is InChI=1S/C4H8ClO2.Li/c1-6-2-3-7-4-5;/h4H,2-3H2,1H3;/q-1;+1. The molecule has 0 heterocycles. The summed E-state index contributed by atoms with van der Waals surface area (Å²) in [6.45, 7) is 1.11. The van der Waals surface area contributed by atoms with E-state index in [0.29, 0.717) is 13.2 Å². The molecule has 0 aliphatic heterocycles. The Balaban J connectivity index is 0. The minimum absolute atomic E-state index is 0.